The van der Waals surface area contributed by atoms with Crippen molar-refractivity contribution >= 4 is 11.8 Å². The van der Waals surface area contributed by atoms with E-state index >= 15 is 0 Å². The van der Waals surface area contributed by atoms with E-state index < -0.39 is 6.09 Å². The summed E-state index contributed by atoms with van der Waals surface area (Å²) in [6, 6.07) is 7.50. The Labute approximate surface area is 77.6 Å². The Morgan fingerprint density at radius 3 is 2.31 bits per heavy atom. The standard InChI is InChI=1S/C10H13NO2/c1-3-8-4-6-9(7-5-8)11(2)10(12)13/h4-7H,3H2,1-2H3,(H,12,13). The first-order valence-electron chi connectivity index (χ1n) is 4.20. The van der Waals surface area contributed by atoms with E-state index in [9.17, 15) is 4.79 Å². The van der Waals surface area contributed by atoms with Gasteiger partial charge in [-0.3, -0.25) is 4.90 Å². The molecule has 1 rings (SSSR count). The van der Waals surface area contributed by atoms with Crippen molar-refractivity contribution in [2.45, 2.75) is 13.3 Å². The minimum absolute atomic E-state index is 0.699. The first kappa shape index (κ1) is 9.58. The third-order valence-corrected chi connectivity index (χ3v) is 2.02. The Morgan fingerprint density at radius 2 is 1.92 bits per heavy atom. The average molecular weight is 179 g/mol. The molecule has 13 heavy (non-hydrogen) atoms. The van der Waals surface area contributed by atoms with Crippen LogP contribution in [0.3, 0.4) is 0 Å². The molecule has 0 aliphatic rings. The number of nitrogens with zero attached hydrogens (tertiary/aromatic N) is 1. The fraction of sp³-hybridized carbons (Fsp3) is 0.300. The summed E-state index contributed by atoms with van der Waals surface area (Å²) >= 11 is 0. The van der Waals surface area contributed by atoms with Gasteiger partial charge in [0.1, 0.15) is 0 Å². The van der Waals surface area contributed by atoms with E-state index in [0.717, 1.165) is 6.42 Å². The van der Waals surface area contributed by atoms with Gasteiger partial charge in [-0.15, -0.1) is 0 Å². The second kappa shape index (κ2) is 3.94. The molecule has 0 saturated carbocycles. The van der Waals surface area contributed by atoms with Gasteiger partial charge in [-0.25, -0.2) is 4.79 Å². The third-order valence-electron chi connectivity index (χ3n) is 2.02. The van der Waals surface area contributed by atoms with E-state index in [1.165, 1.54) is 17.5 Å². The lowest BCUT2D eigenvalue weighted by Gasteiger charge is -2.12. The lowest BCUT2D eigenvalue weighted by molar-refractivity contribution is 0.203. The number of hydrogen-bond acceptors (Lipinski definition) is 1. The molecule has 3 nitrogen and oxygen atoms in total. The monoisotopic (exact) mass is 179 g/mol. The normalized spacial score (nSPS) is 9.69. The quantitative estimate of drug-likeness (QED) is 0.757. The summed E-state index contributed by atoms with van der Waals surface area (Å²) in [4.78, 5) is 11.8. The first-order valence-corrected chi connectivity index (χ1v) is 4.20. The summed E-state index contributed by atoms with van der Waals surface area (Å²) in [6.45, 7) is 2.07. The zero-order valence-corrected chi connectivity index (χ0v) is 7.82. The molecule has 0 saturated heterocycles. The van der Waals surface area contributed by atoms with Gasteiger partial charge in [-0.2, -0.15) is 0 Å². The molecule has 0 unspecified atom stereocenters. The van der Waals surface area contributed by atoms with Gasteiger partial charge in [0.15, 0.2) is 0 Å². The van der Waals surface area contributed by atoms with Crippen LogP contribution in [0, 0.1) is 0 Å². The van der Waals surface area contributed by atoms with Crippen LogP contribution in [0.5, 0.6) is 0 Å². The molecule has 0 radical (unpaired) electrons. The molecule has 0 fully saturated rings. The van der Waals surface area contributed by atoms with Crippen molar-refractivity contribution in [3.05, 3.63) is 29.8 Å². The highest BCUT2D eigenvalue weighted by atomic mass is 16.4. The van der Waals surface area contributed by atoms with E-state index in [2.05, 4.69) is 6.92 Å². The molecule has 3 heteroatoms. The molecule has 0 heterocycles. The molecule has 1 aromatic carbocycles. The Bertz CT molecular complexity index is 292. The lowest BCUT2D eigenvalue weighted by Crippen LogP contribution is -2.23. The van der Waals surface area contributed by atoms with Crippen molar-refractivity contribution < 1.29 is 9.90 Å². The largest absolute Gasteiger partial charge is 0.465 e. The number of rotatable bonds is 2. The molecule has 0 spiro atoms. The summed E-state index contributed by atoms with van der Waals surface area (Å²) in [5.41, 5.74) is 1.91. The van der Waals surface area contributed by atoms with E-state index in [-0.39, 0.29) is 0 Å². The second-order valence-corrected chi connectivity index (χ2v) is 2.86. The summed E-state index contributed by atoms with van der Waals surface area (Å²) in [5, 5.41) is 8.69. The SMILES string of the molecule is CCc1ccc(N(C)C(=O)O)cc1. The number of aryl methyl sites for hydroxylation is 1. The second-order valence-electron chi connectivity index (χ2n) is 2.86. The highest BCUT2D eigenvalue weighted by molar-refractivity contribution is 5.85. The van der Waals surface area contributed by atoms with Crippen LogP contribution in [0.15, 0.2) is 24.3 Å². The molecule has 0 atom stereocenters. The molecule has 1 amide bonds. The third kappa shape index (κ3) is 2.21. The number of anilines is 1. The molecule has 0 aromatic heterocycles. The van der Waals surface area contributed by atoms with Crippen LogP contribution in [0.25, 0.3) is 0 Å². The van der Waals surface area contributed by atoms with Crippen LogP contribution in [-0.2, 0) is 6.42 Å². The zero-order chi connectivity index (χ0) is 9.84. The molecular weight excluding hydrogens is 166 g/mol. The summed E-state index contributed by atoms with van der Waals surface area (Å²) in [5.74, 6) is 0. The van der Waals surface area contributed by atoms with Gasteiger partial charge in [0.25, 0.3) is 0 Å². The summed E-state index contributed by atoms with van der Waals surface area (Å²) in [6.07, 6.45) is 0.0288. The number of carbonyl (C=O) groups is 1. The van der Waals surface area contributed by atoms with E-state index in [1.807, 2.05) is 24.3 Å². The minimum Gasteiger partial charge on any atom is -0.465 e. The van der Waals surface area contributed by atoms with Crippen LogP contribution in [-0.4, -0.2) is 18.2 Å². The number of benzene rings is 1. The fourth-order valence-corrected chi connectivity index (χ4v) is 1.07. The van der Waals surface area contributed by atoms with Crippen molar-refractivity contribution in [2.24, 2.45) is 0 Å². The topological polar surface area (TPSA) is 40.5 Å². The van der Waals surface area contributed by atoms with Crippen molar-refractivity contribution in [3.8, 4) is 0 Å². The molecular formula is C10H13NO2. The Hall–Kier alpha value is -1.51. The number of carboxylic acid groups (broad SMARTS) is 1. The maximum Gasteiger partial charge on any atom is 0.411 e. The average Bonchev–Trinajstić information content (AvgIpc) is 2.17. The number of hydrogen-bond donors (Lipinski definition) is 1. The summed E-state index contributed by atoms with van der Waals surface area (Å²) in [7, 11) is 1.53. The van der Waals surface area contributed by atoms with Crippen LogP contribution in [0.1, 0.15) is 12.5 Å². The fourth-order valence-electron chi connectivity index (χ4n) is 1.07. The van der Waals surface area contributed by atoms with Crippen LogP contribution in [0.2, 0.25) is 0 Å². The molecule has 70 valence electrons. The molecule has 0 aliphatic carbocycles. The van der Waals surface area contributed by atoms with Gasteiger partial charge in [0.2, 0.25) is 0 Å². The smallest absolute Gasteiger partial charge is 0.411 e. The van der Waals surface area contributed by atoms with Crippen LogP contribution >= 0.6 is 0 Å². The van der Waals surface area contributed by atoms with Crippen molar-refractivity contribution in [2.75, 3.05) is 11.9 Å². The van der Waals surface area contributed by atoms with E-state index in [0.29, 0.717) is 5.69 Å². The van der Waals surface area contributed by atoms with Gasteiger partial charge in [0.05, 0.1) is 0 Å². The molecule has 0 aliphatic heterocycles. The first-order chi connectivity index (χ1) is 6.15. The summed E-state index contributed by atoms with van der Waals surface area (Å²) < 4.78 is 0. The van der Waals surface area contributed by atoms with E-state index in [1.54, 1.807) is 0 Å². The zero-order valence-electron chi connectivity index (χ0n) is 7.82. The van der Waals surface area contributed by atoms with Crippen molar-refractivity contribution in [1.82, 2.24) is 0 Å². The molecule has 0 bridgehead atoms. The van der Waals surface area contributed by atoms with Gasteiger partial charge in [-0.05, 0) is 24.1 Å². The van der Waals surface area contributed by atoms with Crippen molar-refractivity contribution in [3.63, 3.8) is 0 Å². The van der Waals surface area contributed by atoms with Crippen molar-refractivity contribution in [1.29, 1.82) is 0 Å². The Kier molecular flexibility index (Phi) is 2.90. The predicted molar refractivity (Wildman–Crippen MR) is 52.2 cm³/mol. The predicted octanol–water partition coefficient (Wildman–Crippen LogP) is 2.36. The van der Waals surface area contributed by atoms with E-state index in [4.69, 9.17) is 5.11 Å². The highest BCUT2D eigenvalue weighted by Gasteiger charge is 2.06. The molecule has 1 aromatic rings. The van der Waals surface area contributed by atoms with Gasteiger partial charge < -0.3 is 5.11 Å². The number of amides is 1. The highest BCUT2D eigenvalue weighted by Crippen LogP contribution is 2.13. The Morgan fingerprint density at radius 1 is 1.38 bits per heavy atom. The Balaban J connectivity index is 2.85. The lowest BCUT2D eigenvalue weighted by atomic mass is 10.1. The van der Waals surface area contributed by atoms with Gasteiger partial charge >= 0.3 is 6.09 Å². The minimum atomic E-state index is -0.941. The maximum absolute atomic E-state index is 10.6. The molecule has 1 N–H and O–H groups in total. The van der Waals surface area contributed by atoms with Gasteiger partial charge in [-0.1, -0.05) is 19.1 Å². The maximum atomic E-state index is 10.6. The van der Waals surface area contributed by atoms with Crippen LogP contribution in [0.4, 0.5) is 10.5 Å². The van der Waals surface area contributed by atoms with Crippen LogP contribution < -0.4 is 4.90 Å². The van der Waals surface area contributed by atoms with Gasteiger partial charge in [0, 0.05) is 12.7 Å².